The van der Waals surface area contributed by atoms with Crippen LogP contribution in [-0.2, 0) is 0 Å². The molecule has 0 unspecified atom stereocenters. The number of aliphatic hydroxyl groups is 1. The Balaban J connectivity index is 2.32. The molecule has 0 atom stereocenters. The summed E-state index contributed by atoms with van der Waals surface area (Å²) in [6.45, 7) is 6.55. The number of unbranched alkanes of at least 4 members (excludes halogenated alkanes) is 1. The molecule has 0 aromatic heterocycles. The fourth-order valence-corrected chi connectivity index (χ4v) is 1.69. The van der Waals surface area contributed by atoms with Crippen LogP contribution < -0.4 is 10.6 Å². The lowest BCUT2D eigenvalue weighted by atomic mass is 9.80. The molecule has 4 heteroatoms. The van der Waals surface area contributed by atoms with Crippen LogP contribution in [-0.4, -0.2) is 36.3 Å². The SMILES string of the molecule is CCCCNC(=NCC1(O)CCC1)NCC. The van der Waals surface area contributed by atoms with Crippen molar-refractivity contribution in [1.82, 2.24) is 10.6 Å². The topological polar surface area (TPSA) is 56.7 Å². The zero-order valence-electron chi connectivity index (χ0n) is 10.6. The molecular formula is C12H25N3O. The fraction of sp³-hybridized carbons (Fsp3) is 0.917. The zero-order chi connectivity index (χ0) is 11.9. The molecule has 1 aliphatic carbocycles. The van der Waals surface area contributed by atoms with Crippen molar-refractivity contribution < 1.29 is 5.11 Å². The molecule has 1 saturated carbocycles. The first kappa shape index (κ1) is 13.3. The maximum Gasteiger partial charge on any atom is 0.191 e. The highest BCUT2D eigenvalue weighted by Crippen LogP contribution is 2.31. The largest absolute Gasteiger partial charge is 0.388 e. The summed E-state index contributed by atoms with van der Waals surface area (Å²) in [7, 11) is 0. The third-order valence-electron chi connectivity index (χ3n) is 2.98. The minimum Gasteiger partial charge on any atom is -0.388 e. The van der Waals surface area contributed by atoms with Crippen LogP contribution in [0.2, 0.25) is 0 Å². The molecule has 1 fully saturated rings. The standard InChI is InChI=1S/C12H25N3O/c1-3-5-9-14-11(13-4-2)15-10-12(16)7-6-8-12/h16H,3-10H2,1-2H3,(H2,13,14,15). The Morgan fingerprint density at radius 1 is 1.31 bits per heavy atom. The van der Waals surface area contributed by atoms with Crippen LogP contribution in [0.4, 0.5) is 0 Å². The van der Waals surface area contributed by atoms with Crippen LogP contribution in [0, 0.1) is 0 Å². The smallest absolute Gasteiger partial charge is 0.191 e. The van der Waals surface area contributed by atoms with E-state index in [0.29, 0.717) is 6.54 Å². The highest BCUT2D eigenvalue weighted by molar-refractivity contribution is 5.79. The van der Waals surface area contributed by atoms with Gasteiger partial charge < -0.3 is 15.7 Å². The van der Waals surface area contributed by atoms with Gasteiger partial charge in [-0.1, -0.05) is 13.3 Å². The van der Waals surface area contributed by atoms with E-state index >= 15 is 0 Å². The summed E-state index contributed by atoms with van der Waals surface area (Å²) in [5.74, 6) is 0.830. The van der Waals surface area contributed by atoms with Gasteiger partial charge in [-0.2, -0.15) is 0 Å². The van der Waals surface area contributed by atoms with E-state index in [1.807, 2.05) is 0 Å². The maximum atomic E-state index is 9.94. The van der Waals surface area contributed by atoms with E-state index < -0.39 is 5.60 Å². The molecule has 0 aromatic carbocycles. The van der Waals surface area contributed by atoms with Crippen LogP contribution >= 0.6 is 0 Å². The van der Waals surface area contributed by atoms with Crippen molar-refractivity contribution in [2.75, 3.05) is 19.6 Å². The molecule has 0 aromatic rings. The summed E-state index contributed by atoms with van der Waals surface area (Å²) < 4.78 is 0. The molecule has 0 radical (unpaired) electrons. The van der Waals surface area contributed by atoms with Gasteiger partial charge in [-0.15, -0.1) is 0 Å². The molecule has 4 nitrogen and oxygen atoms in total. The lowest BCUT2D eigenvalue weighted by molar-refractivity contribution is -0.0236. The highest BCUT2D eigenvalue weighted by atomic mass is 16.3. The monoisotopic (exact) mass is 227 g/mol. The molecule has 3 N–H and O–H groups in total. The third kappa shape index (κ3) is 4.39. The fourth-order valence-electron chi connectivity index (χ4n) is 1.69. The Kier molecular flexibility index (Phi) is 5.60. The molecule has 1 aliphatic rings. The third-order valence-corrected chi connectivity index (χ3v) is 2.98. The summed E-state index contributed by atoms with van der Waals surface area (Å²) >= 11 is 0. The molecule has 16 heavy (non-hydrogen) atoms. The molecule has 94 valence electrons. The van der Waals surface area contributed by atoms with Gasteiger partial charge in [-0.25, -0.2) is 0 Å². The number of rotatable bonds is 6. The van der Waals surface area contributed by atoms with E-state index in [2.05, 4.69) is 29.5 Å². The Morgan fingerprint density at radius 2 is 2.06 bits per heavy atom. The van der Waals surface area contributed by atoms with Crippen LogP contribution in [0.1, 0.15) is 46.0 Å². The van der Waals surface area contributed by atoms with E-state index in [1.165, 1.54) is 6.42 Å². The van der Waals surface area contributed by atoms with E-state index in [9.17, 15) is 5.11 Å². The Hall–Kier alpha value is -0.770. The summed E-state index contributed by atoms with van der Waals surface area (Å²) in [5.41, 5.74) is -0.521. The van der Waals surface area contributed by atoms with Crippen molar-refractivity contribution >= 4 is 5.96 Å². The molecule has 0 aliphatic heterocycles. The van der Waals surface area contributed by atoms with E-state index in [1.54, 1.807) is 0 Å². The molecule has 0 amide bonds. The quantitative estimate of drug-likeness (QED) is 0.364. The van der Waals surface area contributed by atoms with Gasteiger partial charge in [-0.3, -0.25) is 4.99 Å². The van der Waals surface area contributed by atoms with Gasteiger partial charge in [0.05, 0.1) is 12.1 Å². The number of nitrogens with one attached hydrogen (secondary N) is 2. The van der Waals surface area contributed by atoms with Crippen molar-refractivity contribution in [3.63, 3.8) is 0 Å². The number of aliphatic imine (C=N–C) groups is 1. The molecule has 0 saturated heterocycles. The lowest BCUT2D eigenvalue weighted by Gasteiger charge is -2.35. The van der Waals surface area contributed by atoms with Crippen molar-refractivity contribution in [1.29, 1.82) is 0 Å². The van der Waals surface area contributed by atoms with E-state index in [4.69, 9.17) is 0 Å². The van der Waals surface area contributed by atoms with Crippen molar-refractivity contribution in [3.8, 4) is 0 Å². The number of hydrogen-bond donors (Lipinski definition) is 3. The van der Waals surface area contributed by atoms with Gasteiger partial charge in [0.15, 0.2) is 5.96 Å². The first-order valence-electron chi connectivity index (χ1n) is 6.45. The number of hydrogen-bond acceptors (Lipinski definition) is 2. The van der Waals surface area contributed by atoms with Gasteiger partial charge in [0.2, 0.25) is 0 Å². The van der Waals surface area contributed by atoms with E-state index in [-0.39, 0.29) is 0 Å². The van der Waals surface area contributed by atoms with Crippen molar-refractivity contribution in [2.45, 2.75) is 51.6 Å². The second-order valence-electron chi connectivity index (χ2n) is 4.55. The van der Waals surface area contributed by atoms with Gasteiger partial charge in [0, 0.05) is 13.1 Å². The molecular weight excluding hydrogens is 202 g/mol. The summed E-state index contributed by atoms with van der Waals surface area (Å²) in [6.07, 6.45) is 5.24. The van der Waals surface area contributed by atoms with Gasteiger partial charge in [0.1, 0.15) is 0 Å². The lowest BCUT2D eigenvalue weighted by Crippen LogP contribution is -2.43. The average Bonchev–Trinajstić information content (AvgIpc) is 2.23. The first-order valence-corrected chi connectivity index (χ1v) is 6.45. The zero-order valence-corrected chi connectivity index (χ0v) is 10.6. The van der Waals surface area contributed by atoms with Crippen LogP contribution in [0.25, 0.3) is 0 Å². The van der Waals surface area contributed by atoms with Crippen molar-refractivity contribution in [2.24, 2.45) is 4.99 Å². The number of guanidine groups is 1. The predicted octanol–water partition coefficient (Wildman–Crippen LogP) is 1.26. The van der Waals surface area contributed by atoms with Crippen LogP contribution in [0.3, 0.4) is 0 Å². The molecule has 0 spiro atoms. The van der Waals surface area contributed by atoms with Gasteiger partial charge >= 0.3 is 0 Å². The first-order chi connectivity index (χ1) is 7.70. The van der Waals surface area contributed by atoms with Gasteiger partial charge in [0.25, 0.3) is 0 Å². The number of nitrogens with zero attached hydrogens (tertiary/aromatic N) is 1. The maximum absolute atomic E-state index is 9.94. The van der Waals surface area contributed by atoms with Crippen molar-refractivity contribution in [3.05, 3.63) is 0 Å². The average molecular weight is 227 g/mol. The predicted molar refractivity (Wildman–Crippen MR) is 67.7 cm³/mol. The van der Waals surface area contributed by atoms with Gasteiger partial charge in [-0.05, 0) is 32.6 Å². The minimum absolute atomic E-state index is 0.521. The highest BCUT2D eigenvalue weighted by Gasteiger charge is 2.34. The Bertz CT molecular complexity index is 224. The molecule has 1 rings (SSSR count). The molecule has 0 heterocycles. The second-order valence-corrected chi connectivity index (χ2v) is 4.55. The Morgan fingerprint density at radius 3 is 2.56 bits per heavy atom. The summed E-state index contributed by atoms with van der Waals surface area (Å²) in [6, 6.07) is 0. The van der Waals surface area contributed by atoms with Crippen LogP contribution in [0.5, 0.6) is 0 Å². The second kappa shape index (κ2) is 6.74. The van der Waals surface area contributed by atoms with E-state index in [0.717, 1.165) is 44.7 Å². The summed E-state index contributed by atoms with van der Waals surface area (Å²) in [4.78, 5) is 4.42. The molecule has 0 bridgehead atoms. The van der Waals surface area contributed by atoms with Crippen LogP contribution in [0.15, 0.2) is 4.99 Å². The normalized spacial score (nSPS) is 19.1. The summed E-state index contributed by atoms with van der Waals surface area (Å²) in [5, 5.41) is 16.4. The Labute approximate surface area is 98.5 Å². The minimum atomic E-state index is -0.521.